The van der Waals surface area contributed by atoms with Crippen LogP contribution < -0.4 is 10.2 Å². The molecule has 26 heavy (non-hydrogen) atoms. The lowest BCUT2D eigenvalue weighted by Gasteiger charge is -2.32. The van der Waals surface area contributed by atoms with Crippen LogP contribution in [0.1, 0.15) is 32.0 Å². The van der Waals surface area contributed by atoms with Crippen molar-refractivity contribution in [2.75, 3.05) is 51.8 Å². The van der Waals surface area contributed by atoms with Crippen molar-refractivity contribution in [3.8, 4) is 6.07 Å². The minimum atomic E-state index is -0.136. The van der Waals surface area contributed by atoms with Gasteiger partial charge >= 0.3 is 0 Å². The number of piperazine rings is 1. The highest BCUT2D eigenvalue weighted by molar-refractivity contribution is 5.97. The first-order valence-electron chi connectivity index (χ1n) is 8.89. The first-order valence-corrected chi connectivity index (χ1v) is 8.89. The number of amides is 1. The van der Waals surface area contributed by atoms with Crippen molar-refractivity contribution in [2.45, 2.75) is 32.2 Å². The molecule has 0 radical (unpaired) electrons. The Bertz CT molecular complexity index is 683. The summed E-state index contributed by atoms with van der Waals surface area (Å²) >= 11 is 0. The molecule has 1 fully saturated rings. The molecule has 1 aromatic heterocycles. The molecule has 1 N–H and O–H groups in total. The fourth-order valence-electron chi connectivity index (χ4n) is 3.47. The molecule has 0 spiro atoms. The van der Waals surface area contributed by atoms with Gasteiger partial charge in [0.25, 0.3) is 0 Å². The molecule has 1 amide bonds. The largest absolute Gasteiger partial charge is 0.388 e. The lowest BCUT2D eigenvalue weighted by atomic mass is 9.88. The van der Waals surface area contributed by atoms with Crippen LogP contribution in [0.5, 0.6) is 0 Å². The number of carbonyl (C=O) groups is 1. The Morgan fingerprint density at radius 1 is 1.50 bits per heavy atom. The van der Waals surface area contributed by atoms with Gasteiger partial charge < -0.3 is 15.0 Å². The predicted molar refractivity (Wildman–Crippen MR) is 101 cm³/mol. The number of hydrogen-bond acceptors (Lipinski definition) is 6. The maximum atomic E-state index is 12.8. The Morgan fingerprint density at radius 3 is 2.81 bits per heavy atom. The van der Waals surface area contributed by atoms with Gasteiger partial charge in [0, 0.05) is 63.6 Å². The second-order valence-electron chi connectivity index (χ2n) is 7.56. The summed E-state index contributed by atoms with van der Waals surface area (Å²) < 4.78 is 4.25. The molecule has 0 aromatic carbocycles. The van der Waals surface area contributed by atoms with Crippen molar-refractivity contribution in [1.82, 2.24) is 15.2 Å². The minimum absolute atomic E-state index is 0.0982. The number of nitrogens with one attached hydrogen (secondary N) is 1. The molecular weight excluding hydrogens is 330 g/mol. The van der Waals surface area contributed by atoms with Crippen molar-refractivity contribution in [2.24, 2.45) is 0 Å². The van der Waals surface area contributed by atoms with Gasteiger partial charge in [0.05, 0.1) is 12.2 Å². The molecule has 3 heterocycles. The highest BCUT2D eigenvalue weighted by atomic mass is 16.4. The molecule has 142 valence electrons. The molecule has 7 nitrogen and oxygen atoms in total. The molecule has 0 saturated carbocycles. The maximum Gasteiger partial charge on any atom is 0.241 e. The molecule has 2 aliphatic heterocycles. The van der Waals surface area contributed by atoms with Crippen LogP contribution in [0.25, 0.3) is 0 Å². The molecule has 7 heteroatoms. The monoisotopic (exact) mass is 359 g/mol. The average molecular weight is 359 g/mol. The lowest BCUT2D eigenvalue weighted by molar-refractivity contribution is -0.120. The zero-order valence-electron chi connectivity index (χ0n) is 16.4. The summed E-state index contributed by atoms with van der Waals surface area (Å²) in [5.74, 6) is 0.0982. The number of hydrogen-bond donors (Lipinski definition) is 1. The van der Waals surface area contributed by atoms with Gasteiger partial charge in [-0.25, -0.2) is 4.98 Å². The number of methoxy groups -OCH3 is 1. The standard InChI is InChI=1S/C17H23N5O.C2H6O/c1-12-9-21(5-4-19-12)10-16(23)22-11-17(2,3)14-8-20-13(7-18)6-15(14)22;1-3-2/h6,8,12,19H,4-5,9-11H2,1-3H3;1-2H3/t12-;/m1./s1. The third-order valence-corrected chi connectivity index (χ3v) is 4.68. The number of carbonyl (C=O) groups excluding carboxylic acids is 1. The highest BCUT2D eigenvalue weighted by Crippen LogP contribution is 2.40. The first-order chi connectivity index (χ1) is 12.3. The fourth-order valence-corrected chi connectivity index (χ4v) is 3.47. The average Bonchev–Trinajstić information content (AvgIpc) is 2.86. The lowest BCUT2D eigenvalue weighted by Crippen LogP contribution is -2.52. The van der Waals surface area contributed by atoms with E-state index < -0.39 is 0 Å². The Morgan fingerprint density at radius 2 is 2.19 bits per heavy atom. The summed E-state index contributed by atoms with van der Waals surface area (Å²) in [5.41, 5.74) is 2.10. The molecule has 1 aromatic rings. The number of pyridine rings is 1. The van der Waals surface area contributed by atoms with E-state index in [1.165, 1.54) is 0 Å². The van der Waals surface area contributed by atoms with Crippen LogP contribution in [0.15, 0.2) is 12.3 Å². The van der Waals surface area contributed by atoms with E-state index in [1.54, 1.807) is 26.5 Å². The van der Waals surface area contributed by atoms with Crippen molar-refractivity contribution in [3.05, 3.63) is 23.5 Å². The summed E-state index contributed by atoms with van der Waals surface area (Å²) in [6, 6.07) is 4.21. The Kier molecular flexibility index (Phi) is 6.70. The van der Waals surface area contributed by atoms with Crippen molar-refractivity contribution in [1.29, 1.82) is 5.26 Å². The van der Waals surface area contributed by atoms with Crippen molar-refractivity contribution in [3.63, 3.8) is 0 Å². The van der Waals surface area contributed by atoms with E-state index in [-0.39, 0.29) is 11.3 Å². The molecule has 0 aliphatic carbocycles. The second kappa shape index (κ2) is 8.58. The van der Waals surface area contributed by atoms with Crippen LogP contribution in [0, 0.1) is 11.3 Å². The molecule has 1 saturated heterocycles. The summed E-state index contributed by atoms with van der Waals surface area (Å²) in [6.07, 6.45) is 1.74. The van der Waals surface area contributed by atoms with Crippen molar-refractivity contribution >= 4 is 11.6 Å². The van der Waals surface area contributed by atoms with E-state index in [0.717, 1.165) is 30.9 Å². The topological polar surface area (TPSA) is 81.5 Å². The summed E-state index contributed by atoms with van der Waals surface area (Å²) in [4.78, 5) is 21.0. The number of fused-ring (bicyclic) bond motifs is 1. The van der Waals surface area contributed by atoms with E-state index in [2.05, 4.69) is 46.8 Å². The molecule has 0 unspecified atom stereocenters. The maximum absolute atomic E-state index is 12.8. The molecule has 1 atom stereocenters. The van der Waals surface area contributed by atoms with Crippen LogP contribution in [-0.2, 0) is 14.9 Å². The summed E-state index contributed by atoms with van der Waals surface area (Å²) in [7, 11) is 3.25. The van der Waals surface area contributed by atoms with E-state index in [1.807, 2.05) is 4.90 Å². The smallest absolute Gasteiger partial charge is 0.241 e. The second-order valence-corrected chi connectivity index (χ2v) is 7.56. The third-order valence-electron chi connectivity index (χ3n) is 4.68. The van der Waals surface area contributed by atoms with Gasteiger partial charge in [0.2, 0.25) is 5.91 Å². The van der Waals surface area contributed by atoms with E-state index in [0.29, 0.717) is 24.8 Å². The van der Waals surface area contributed by atoms with Gasteiger partial charge in [-0.1, -0.05) is 13.8 Å². The normalized spacial score (nSPS) is 21.4. The predicted octanol–water partition coefficient (Wildman–Crippen LogP) is 1.13. The fraction of sp³-hybridized carbons (Fsp3) is 0.632. The van der Waals surface area contributed by atoms with Crippen LogP contribution >= 0.6 is 0 Å². The van der Waals surface area contributed by atoms with Crippen LogP contribution in [0.3, 0.4) is 0 Å². The highest BCUT2D eigenvalue weighted by Gasteiger charge is 2.39. The van der Waals surface area contributed by atoms with E-state index in [4.69, 9.17) is 5.26 Å². The number of nitrogens with zero attached hydrogens (tertiary/aromatic N) is 4. The zero-order chi connectivity index (χ0) is 19.3. The van der Waals surface area contributed by atoms with Gasteiger partial charge in [-0.3, -0.25) is 9.69 Å². The number of rotatable bonds is 2. The van der Waals surface area contributed by atoms with Crippen LogP contribution in [0.2, 0.25) is 0 Å². The number of nitriles is 1. The molecule has 2 aliphatic rings. The summed E-state index contributed by atoms with van der Waals surface area (Å²) in [6.45, 7) is 10.1. The van der Waals surface area contributed by atoms with E-state index in [9.17, 15) is 4.79 Å². The van der Waals surface area contributed by atoms with Gasteiger partial charge in [0.15, 0.2) is 0 Å². The first kappa shape index (κ1) is 20.3. The summed E-state index contributed by atoms with van der Waals surface area (Å²) in [5, 5.41) is 12.5. The molecular formula is C19H29N5O2. The van der Waals surface area contributed by atoms with Gasteiger partial charge in [-0.05, 0) is 13.0 Å². The number of anilines is 1. The zero-order valence-corrected chi connectivity index (χ0v) is 16.4. The Labute approximate surface area is 155 Å². The van der Waals surface area contributed by atoms with Gasteiger partial charge in [0.1, 0.15) is 11.8 Å². The number of ether oxygens (including phenoxy) is 1. The quantitative estimate of drug-likeness (QED) is 0.853. The SMILES string of the molecule is COC.C[C@@H]1CN(CC(=O)N2CC(C)(C)c3cnc(C#N)cc32)CCN1. The van der Waals surface area contributed by atoms with Crippen LogP contribution in [-0.4, -0.2) is 68.8 Å². The molecule has 0 bridgehead atoms. The Balaban J connectivity index is 0.000000758. The van der Waals surface area contributed by atoms with Crippen molar-refractivity contribution < 1.29 is 9.53 Å². The third kappa shape index (κ3) is 4.58. The van der Waals surface area contributed by atoms with E-state index >= 15 is 0 Å². The molecule has 3 rings (SSSR count). The van der Waals surface area contributed by atoms with Gasteiger partial charge in [-0.15, -0.1) is 0 Å². The van der Waals surface area contributed by atoms with Gasteiger partial charge in [-0.2, -0.15) is 5.26 Å². The van der Waals surface area contributed by atoms with Crippen LogP contribution in [0.4, 0.5) is 5.69 Å². The minimum Gasteiger partial charge on any atom is -0.388 e. The Hall–Kier alpha value is -2.01. The number of aromatic nitrogens is 1.